The van der Waals surface area contributed by atoms with Gasteiger partial charge in [-0.3, -0.25) is 9.59 Å². The smallest absolute Gasteiger partial charge is 0.296 e. The molecule has 0 unspecified atom stereocenters. The van der Waals surface area contributed by atoms with Crippen LogP contribution in [-0.4, -0.2) is 42.0 Å². The third-order valence-electron chi connectivity index (χ3n) is 6.31. The molecule has 1 aliphatic heterocycles. The number of carbonyl (C=O) groups is 2. The maximum atomic E-state index is 13.3. The molecule has 8 nitrogen and oxygen atoms in total. The summed E-state index contributed by atoms with van der Waals surface area (Å²) >= 11 is 0. The fourth-order valence-corrected chi connectivity index (χ4v) is 4.34. The molecule has 1 N–H and O–H groups in total. The minimum absolute atomic E-state index is 0.00881. The summed E-state index contributed by atoms with van der Waals surface area (Å²) in [6.07, 6.45) is 4.27. The molecule has 0 aliphatic carbocycles. The number of hydrogen-bond donors (Lipinski definition) is 1. The van der Waals surface area contributed by atoms with Crippen LogP contribution < -0.4 is 14.2 Å². The number of aliphatic hydroxyl groups is 1. The average Bonchev–Trinajstić information content (AvgIpc) is 3.54. The van der Waals surface area contributed by atoms with Crippen molar-refractivity contribution in [3.63, 3.8) is 0 Å². The molecule has 1 saturated heterocycles. The standard InChI is InChI=1S/C30H33NO7/c1-4-6-16-38-24-14-11-21(18-25(24)35-3)27-26(28(32)20-9-12-22(13-10-20)36-15-5-2)29(33)30(34)31(27)19-23-8-7-17-37-23/h7-14,17-18,27,32H,4-6,15-16,19H2,1-3H3/t27-/m1/s1. The lowest BCUT2D eigenvalue weighted by molar-refractivity contribution is -0.140. The van der Waals surface area contributed by atoms with Crippen molar-refractivity contribution in [1.29, 1.82) is 0 Å². The van der Waals surface area contributed by atoms with E-state index in [1.165, 1.54) is 18.3 Å². The van der Waals surface area contributed by atoms with Crippen LogP contribution in [0.3, 0.4) is 0 Å². The number of aliphatic hydroxyl groups excluding tert-OH is 1. The summed E-state index contributed by atoms with van der Waals surface area (Å²) in [5.41, 5.74) is 0.992. The number of unbranched alkanes of at least 4 members (excludes halogenated alkanes) is 1. The van der Waals surface area contributed by atoms with Crippen LogP contribution in [0.15, 0.2) is 70.9 Å². The monoisotopic (exact) mass is 519 g/mol. The van der Waals surface area contributed by atoms with Crippen molar-refractivity contribution in [2.75, 3.05) is 20.3 Å². The summed E-state index contributed by atoms with van der Waals surface area (Å²) in [6.45, 7) is 5.27. The predicted molar refractivity (Wildman–Crippen MR) is 142 cm³/mol. The van der Waals surface area contributed by atoms with E-state index in [4.69, 9.17) is 18.6 Å². The molecule has 200 valence electrons. The number of rotatable bonds is 12. The van der Waals surface area contributed by atoms with Gasteiger partial charge in [0.2, 0.25) is 0 Å². The van der Waals surface area contributed by atoms with E-state index in [1.807, 2.05) is 6.92 Å². The lowest BCUT2D eigenvalue weighted by Crippen LogP contribution is -2.29. The van der Waals surface area contributed by atoms with Crippen LogP contribution in [0.1, 0.15) is 56.0 Å². The lowest BCUT2D eigenvalue weighted by atomic mass is 9.95. The molecular weight excluding hydrogens is 486 g/mol. The van der Waals surface area contributed by atoms with Gasteiger partial charge in [0.05, 0.1) is 44.7 Å². The Balaban J connectivity index is 1.77. The van der Waals surface area contributed by atoms with Crippen LogP contribution in [0.4, 0.5) is 0 Å². The first-order valence-corrected chi connectivity index (χ1v) is 12.8. The van der Waals surface area contributed by atoms with Crippen molar-refractivity contribution in [3.05, 3.63) is 83.3 Å². The summed E-state index contributed by atoms with van der Waals surface area (Å²) in [5, 5.41) is 11.3. The molecule has 2 aromatic carbocycles. The zero-order chi connectivity index (χ0) is 27.1. The molecule has 0 saturated carbocycles. The van der Waals surface area contributed by atoms with Crippen molar-refractivity contribution in [2.24, 2.45) is 0 Å². The highest BCUT2D eigenvalue weighted by Crippen LogP contribution is 2.43. The van der Waals surface area contributed by atoms with Crippen LogP contribution in [-0.2, 0) is 16.1 Å². The Morgan fingerprint density at radius 2 is 1.76 bits per heavy atom. The fourth-order valence-electron chi connectivity index (χ4n) is 4.34. The van der Waals surface area contributed by atoms with Crippen molar-refractivity contribution in [2.45, 2.75) is 45.7 Å². The highest BCUT2D eigenvalue weighted by atomic mass is 16.5. The molecule has 1 amide bonds. The van der Waals surface area contributed by atoms with Crippen molar-refractivity contribution < 1.29 is 33.3 Å². The third kappa shape index (κ3) is 5.69. The molecule has 0 bridgehead atoms. The number of methoxy groups -OCH3 is 1. The summed E-state index contributed by atoms with van der Waals surface area (Å²) in [7, 11) is 1.54. The molecule has 2 heterocycles. The molecule has 4 rings (SSSR count). The molecular formula is C30H33NO7. The molecule has 38 heavy (non-hydrogen) atoms. The molecule has 0 spiro atoms. The Morgan fingerprint density at radius 1 is 0.974 bits per heavy atom. The number of nitrogens with zero attached hydrogens (tertiary/aromatic N) is 1. The average molecular weight is 520 g/mol. The Hall–Kier alpha value is -4.20. The van der Waals surface area contributed by atoms with Crippen LogP contribution in [0, 0.1) is 0 Å². The summed E-state index contributed by atoms with van der Waals surface area (Å²) in [5.74, 6) is 0.447. The van der Waals surface area contributed by atoms with E-state index in [0.29, 0.717) is 47.3 Å². The van der Waals surface area contributed by atoms with Gasteiger partial charge in [0.15, 0.2) is 11.5 Å². The lowest BCUT2D eigenvalue weighted by Gasteiger charge is -2.25. The van der Waals surface area contributed by atoms with E-state index in [0.717, 1.165) is 19.3 Å². The van der Waals surface area contributed by atoms with E-state index >= 15 is 0 Å². The van der Waals surface area contributed by atoms with Gasteiger partial charge in [-0.25, -0.2) is 0 Å². The SMILES string of the molecule is CCCCOc1ccc([C@@H]2C(=C(O)c3ccc(OCCC)cc3)C(=O)C(=O)N2Cc2ccco2)cc1OC. The number of carbonyl (C=O) groups excluding carboxylic acids is 2. The first-order valence-electron chi connectivity index (χ1n) is 12.8. The summed E-state index contributed by atoms with van der Waals surface area (Å²) in [6, 6.07) is 14.7. The summed E-state index contributed by atoms with van der Waals surface area (Å²) in [4.78, 5) is 28.0. The van der Waals surface area contributed by atoms with Gasteiger partial charge < -0.3 is 28.6 Å². The minimum Gasteiger partial charge on any atom is -0.507 e. The minimum atomic E-state index is -0.866. The van der Waals surface area contributed by atoms with Crippen molar-refractivity contribution in [1.82, 2.24) is 4.90 Å². The molecule has 8 heteroatoms. The van der Waals surface area contributed by atoms with Gasteiger partial charge in [-0.1, -0.05) is 26.3 Å². The van der Waals surface area contributed by atoms with Gasteiger partial charge >= 0.3 is 0 Å². The Bertz CT molecular complexity index is 1280. The van der Waals surface area contributed by atoms with E-state index < -0.39 is 17.7 Å². The molecule has 3 aromatic rings. The van der Waals surface area contributed by atoms with Gasteiger partial charge in [0.25, 0.3) is 11.7 Å². The zero-order valence-electron chi connectivity index (χ0n) is 21.9. The normalized spacial score (nSPS) is 16.6. The Morgan fingerprint density at radius 3 is 2.42 bits per heavy atom. The number of furan rings is 1. The largest absolute Gasteiger partial charge is 0.507 e. The quantitative estimate of drug-likeness (QED) is 0.138. The topological polar surface area (TPSA) is 98.4 Å². The highest BCUT2D eigenvalue weighted by molar-refractivity contribution is 6.46. The molecule has 1 fully saturated rings. The first kappa shape index (κ1) is 26.9. The predicted octanol–water partition coefficient (Wildman–Crippen LogP) is 5.88. The molecule has 1 atom stereocenters. The summed E-state index contributed by atoms with van der Waals surface area (Å²) < 4.78 is 22.5. The van der Waals surface area contributed by atoms with Crippen LogP contribution in [0.2, 0.25) is 0 Å². The number of hydrogen-bond acceptors (Lipinski definition) is 7. The second-order valence-corrected chi connectivity index (χ2v) is 8.99. The van der Waals surface area contributed by atoms with Gasteiger partial charge in [-0.2, -0.15) is 0 Å². The number of Topliss-reactive ketones (excluding diaryl/α,β-unsaturated/α-hetero) is 1. The van der Waals surface area contributed by atoms with Crippen LogP contribution in [0.5, 0.6) is 17.2 Å². The molecule has 1 aliphatic rings. The maximum absolute atomic E-state index is 13.3. The van der Waals surface area contributed by atoms with Crippen LogP contribution in [0.25, 0.3) is 5.76 Å². The number of ketones is 1. The fraction of sp³-hybridized carbons (Fsp3) is 0.333. The van der Waals surface area contributed by atoms with E-state index in [2.05, 4.69) is 6.92 Å². The Labute approximate surface area is 222 Å². The van der Waals surface area contributed by atoms with Gasteiger partial charge in [-0.05, 0) is 66.9 Å². The van der Waals surface area contributed by atoms with E-state index in [1.54, 1.807) is 54.6 Å². The second-order valence-electron chi connectivity index (χ2n) is 8.99. The number of likely N-dealkylation sites (tertiary alicyclic amines) is 1. The molecule has 0 radical (unpaired) electrons. The van der Waals surface area contributed by atoms with Gasteiger partial charge in [0, 0.05) is 5.56 Å². The molecule has 1 aromatic heterocycles. The number of amides is 1. The first-order chi connectivity index (χ1) is 18.5. The third-order valence-corrected chi connectivity index (χ3v) is 6.31. The van der Waals surface area contributed by atoms with E-state index in [-0.39, 0.29) is 17.9 Å². The highest BCUT2D eigenvalue weighted by Gasteiger charge is 2.46. The van der Waals surface area contributed by atoms with Gasteiger partial charge in [-0.15, -0.1) is 0 Å². The second kappa shape index (κ2) is 12.4. The van der Waals surface area contributed by atoms with Crippen LogP contribution >= 0.6 is 0 Å². The maximum Gasteiger partial charge on any atom is 0.296 e. The van der Waals surface area contributed by atoms with Crippen molar-refractivity contribution in [3.8, 4) is 17.2 Å². The van der Waals surface area contributed by atoms with Gasteiger partial charge in [0.1, 0.15) is 17.3 Å². The number of benzene rings is 2. The van der Waals surface area contributed by atoms with E-state index in [9.17, 15) is 14.7 Å². The zero-order valence-corrected chi connectivity index (χ0v) is 21.9. The Kier molecular flexibility index (Phi) is 8.73. The number of ether oxygens (including phenoxy) is 3. The van der Waals surface area contributed by atoms with Crippen molar-refractivity contribution >= 4 is 17.4 Å².